The van der Waals surface area contributed by atoms with Gasteiger partial charge < -0.3 is 24.7 Å². The summed E-state index contributed by atoms with van der Waals surface area (Å²) in [5.41, 5.74) is 11.5. The first-order chi connectivity index (χ1) is 6.51. The third-order valence-electron chi connectivity index (χ3n) is 2.39. The van der Waals surface area contributed by atoms with Crippen molar-refractivity contribution in [3.63, 3.8) is 0 Å². The molecule has 0 saturated heterocycles. The van der Waals surface area contributed by atoms with E-state index in [1.807, 2.05) is 6.92 Å². The molecule has 2 unspecified atom stereocenters. The molecule has 0 heterocycles. The molecule has 0 rings (SSSR count). The summed E-state index contributed by atoms with van der Waals surface area (Å²) >= 11 is 0. The van der Waals surface area contributed by atoms with Gasteiger partial charge in [-0.1, -0.05) is 0 Å². The molecular formula is C8H22N2O3Si. The summed E-state index contributed by atoms with van der Waals surface area (Å²) in [5.74, 6) is 0. The predicted octanol–water partition coefficient (Wildman–Crippen LogP) is -0.0709. The van der Waals surface area contributed by atoms with Gasteiger partial charge in [-0.2, -0.15) is 0 Å². The van der Waals surface area contributed by atoms with Gasteiger partial charge in [0.25, 0.3) is 0 Å². The van der Waals surface area contributed by atoms with Gasteiger partial charge in [0.05, 0.1) is 0 Å². The van der Waals surface area contributed by atoms with Crippen LogP contribution in [0.2, 0.25) is 6.04 Å². The molecule has 5 nitrogen and oxygen atoms in total. The minimum atomic E-state index is -2.46. The van der Waals surface area contributed by atoms with Crippen LogP contribution in [0.25, 0.3) is 0 Å². The largest absolute Gasteiger partial charge is 0.500 e. The first-order valence-electron chi connectivity index (χ1n) is 4.68. The molecular weight excluding hydrogens is 200 g/mol. The van der Waals surface area contributed by atoms with Crippen LogP contribution in [0.5, 0.6) is 0 Å². The van der Waals surface area contributed by atoms with Gasteiger partial charge in [0, 0.05) is 39.5 Å². The molecule has 0 aliphatic rings. The van der Waals surface area contributed by atoms with E-state index in [1.165, 1.54) is 0 Å². The third-order valence-corrected chi connectivity index (χ3v) is 5.16. The van der Waals surface area contributed by atoms with E-state index in [9.17, 15) is 0 Å². The first-order valence-corrected chi connectivity index (χ1v) is 6.61. The normalized spacial score (nSPS) is 16.7. The molecule has 0 bridgehead atoms. The van der Waals surface area contributed by atoms with E-state index in [0.717, 1.165) is 6.42 Å². The molecule has 6 heteroatoms. The quantitative estimate of drug-likeness (QED) is 0.589. The van der Waals surface area contributed by atoms with Crippen LogP contribution in [-0.4, -0.2) is 42.2 Å². The molecule has 0 radical (unpaired) electrons. The van der Waals surface area contributed by atoms with E-state index >= 15 is 0 Å². The van der Waals surface area contributed by atoms with Crippen molar-refractivity contribution in [1.29, 1.82) is 0 Å². The second-order valence-corrected chi connectivity index (χ2v) is 6.45. The Morgan fingerprint density at radius 3 is 1.79 bits per heavy atom. The topological polar surface area (TPSA) is 79.7 Å². The van der Waals surface area contributed by atoms with Crippen molar-refractivity contribution in [3.05, 3.63) is 0 Å². The maximum atomic E-state index is 5.82. The van der Waals surface area contributed by atoms with Crippen molar-refractivity contribution < 1.29 is 13.3 Å². The summed E-state index contributed by atoms with van der Waals surface area (Å²) in [6.07, 6.45) is 0.749. The zero-order chi connectivity index (χ0) is 11.2. The zero-order valence-electron chi connectivity index (χ0n) is 9.45. The lowest BCUT2D eigenvalue weighted by Gasteiger charge is -2.26. The lowest BCUT2D eigenvalue weighted by Crippen LogP contribution is -2.46. The van der Waals surface area contributed by atoms with Crippen LogP contribution in [0.3, 0.4) is 0 Å². The number of hydrogen-bond acceptors (Lipinski definition) is 5. The van der Waals surface area contributed by atoms with Gasteiger partial charge in [-0.15, -0.1) is 0 Å². The van der Waals surface area contributed by atoms with Crippen LogP contribution in [0.15, 0.2) is 0 Å². The van der Waals surface area contributed by atoms with Crippen molar-refractivity contribution in [2.45, 2.75) is 31.5 Å². The summed E-state index contributed by atoms with van der Waals surface area (Å²) in [7, 11) is 2.32. The number of nitrogens with two attached hydrogens (primary N) is 2. The van der Waals surface area contributed by atoms with Gasteiger partial charge >= 0.3 is 8.80 Å². The van der Waals surface area contributed by atoms with Crippen LogP contribution in [0.1, 0.15) is 13.3 Å². The van der Waals surface area contributed by atoms with Gasteiger partial charge in [0.1, 0.15) is 0 Å². The minimum absolute atomic E-state index is 0.0210. The molecule has 0 aromatic carbocycles. The minimum Gasteiger partial charge on any atom is -0.377 e. The fourth-order valence-electron chi connectivity index (χ4n) is 1.16. The fourth-order valence-corrected chi connectivity index (χ4v) is 2.96. The second-order valence-electron chi connectivity index (χ2n) is 3.36. The molecule has 0 aromatic rings. The summed E-state index contributed by atoms with van der Waals surface area (Å²) < 4.78 is 15.8. The number of hydrogen-bond donors (Lipinski definition) is 2. The average molecular weight is 222 g/mol. The lowest BCUT2D eigenvalue weighted by molar-refractivity contribution is 0.122. The van der Waals surface area contributed by atoms with Crippen molar-refractivity contribution in [3.8, 4) is 0 Å². The third kappa shape index (κ3) is 4.03. The van der Waals surface area contributed by atoms with Crippen molar-refractivity contribution in [2.24, 2.45) is 11.5 Å². The van der Waals surface area contributed by atoms with Crippen molar-refractivity contribution in [1.82, 2.24) is 0 Å². The SMILES string of the molecule is CO[Si](CCC(N)C(C)N)(OC)OC. The standard InChI is InChI=1S/C8H22N2O3Si/c1-7(9)8(10)5-6-14(11-2,12-3)13-4/h7-8H,5-6,9-10H2,1-4H3. The molecule has 0 spiro atoms. The Labute approximate surface area is 87.1 Å². The van der Waals surface area contributed by atoms with Crippen LogP contribution in [-0.2, 0) is 13.3 Å². The first kappa shape index (κ1) is 14.0. The summed E-state index contributed by atoms with van der Waals surface area (Å²) in [6.45, 7) is 1.89. The Morgan fingerprint density at radius 1 is 1.07 bits per heavy atom. The zero-order valence-corrected chi connectivity index (χ0v) is 10.4. The van der Waals surface area contributed by atoms with Gasteiger partial charge in [-0.25, -0.2) is 0 Å². The Kier molecular flexibility index (Phi) is 6.50. The Hall–Kier alpha value is 0.0169. The maximum Gasteiger partial charge on any atom is 0.500 e. The Bertz CT molecular complexity index is 145. The van der Waals surface area contributed by atoms with Crippen molar-refractivity contribution >= 4 is 8.80 Å². The molecule has 14 heavy (non-hydrogen) atoms. The van der Waals surface area contributed by atoms with Crippen LogP contribution >= 0.6 is 0 Å². The van der Waals surface area contributed by atoms with Gasteiger partial charge in [-0.3, -0.25) is 0 Å². The van der Waals surface area contributed by atoms with Crippen LogP contribution < -0.4 is 11.5 Å². The second kappa shape index (κ2) is 6.49. The van der Waals surface area contributed by atoms with E-state index in [4.69, 9.17) is 24.7 Å². The molecule has 0 fully saturated rings. The van der Waals surface area contributed by atoms with Crippen LogP contribution in [0, 0.1) is 0 Å². The number of rotatable bonds is 7. The summed E-state index contributed by atoms with van der Waals surface area (Å²) in [5, 5.41) is 0. The highest BCUT2D eigenvalue weighted by Crippen LogP contribution is 2.16. The molecule has 0 saturated carbocycles. The highest BCUT2D eigenvalue weighted by molar-refractivity contribution is 6.60. The van der Waals surface area contributed by atoms with E-state index in [0.29, 0.717) is 6.04 Å². The van der Waals surface area contributed by atoms with E-state index < -0.39 is 8.80 Å². The van der Waals surface area contributed by atoms with E-state index in [-0.39, 0.29) is 12.1 Å². The Morgan fingerprint density at radius 2 is 1.50 bits per heavy atom. The highest BCUT2D eigenvalue weighted by Gasteiger charge is 2.37. The van der Waals surface area contributed by atoms with Crippen LogP contribution in [0.4, 0.5) is 0 Å². The lowest BCUT2D eigenvalue weighted by atomic mass is 10.1. The van der Waals surface area contributed by atoms with Gasteiger partial charge in [0.15, 0.2) is 0 Å². The van der Waals surface area contributed by atoms with E-state index in [1.54, 1.807) is 21.3 Å². The molecule has 4 N–H and O–H groups in total. The predicted molar refractivity (Wildman–Crippen MR) is 57.8 cm³/mol. The smallest absolute Gasteiger partial charge is 0.377 e. The molecule has 0 aromatic heterocycles. The maximum absolute atomic E-state index is 5.82. The summed E-state index contributed by atoms with van der Waals surface area (Å²) in [6, 6.07) is 0.633. The van der Waals surface area contributed by atoms with Gasteiger partial charge in [0.2, 0.25) is 0 Å². The molecule has 86 valence electrons. The summed E-state index contributed by atoms with van der Waals surface area (Å²) in [4.78, 5) is 0. The monoisotopic (exact) mass is 222 g/mol. The molecule has 0 amide bonds. The Balaban J connectivity index is 4.05. The molecule has 0 aliphatic heterocycles. The fraction of sp³-hybridized carbons (Fsp3) is 1.00. The van der Waals surface area contributed by atoms with E-state index in [2.05, 4.69) is 0 Å². The molecule has 2 atom stereocenters. The highest BCUT2D eigenvalue weighted by atomic mass is 28.4. The molecule has 0 aliphatic carbocycles. The average Bonchev–Trinajstić information content (AvgIpc) is 2.20. The van der Waals surface area contributed by atoms with Gasteiger partial charge in [-0.05, 0) is 13.3 Å². The van der Waals surface area contributed by atoms with Crippen molar-refractivity contribution in [2.75, 3.05) is 21.3 Å².